The molecule has 0 aromatic carbocycles. The first-order valence-corrected chi connectivity index (χ1v) is 9.47. The third-order valence-electron chi connectivity index (χ3n) is 5.21. The van der Waals surface area contributed by atoms with Gasteiger partial charge in [-0.1, -0.05) is 0 Å². The van der Waals surface area contributed by atoms with Crippen LogP contribution >= 0.6 is 0 Å². The molecule has 0 spiro atoms. The standard InChI is InChI=1S/C18H25N7O2/c1-4-25-15-13(22-16(25)18(27)23(2)3)14(19-10-20-15)21-12-7-8-24(9-12)17(26)11-5-6-11/h10-12H,4-9H2,1-3H3,(H,19,20,21)/t12-/m0/s1. The van der Waals surface area contributed by atoms with Gasteiger partial charge in [-0.2, -0.15) is 0 Å². The Kier molecular flexibility index (Phi) is 4.45. The van der Waals surface area contributed by atoms with Crippen LogP contribution in [-0.2, 0) is 11.3 Å². The fraction of sp³-hybridized carbons (Fsp3) is 0.611. The van der Waals surface area contributed by atoms with Gasteiger partial charge < -0.3 is 19.7 Å². The topological polar surface area (TPSA) is 96.2 Å². The summed E-state index contributed by atoms with van der Waals surface area (Å²) >= 11 is 0. The molecule has 2 aliphatic rings. The van der Waals surface area contributed by atoms with Gasteiger partial charge in [0.1, 0.15) is 6.33 Å². The van der Waals surface area contributed by atoms with Crippen LogP contribution in [0.15, 0.2) is 6.33 Å². The van der Waals surface area contributed by atoms with E-state index in [1.807, 2.05) is 16.4 Å². The Morgan fingerprint density at radius 3 is 2.70 bits per heavy atom. The largest absolute Gasteiger partial charge is 0.364 e. The molecule has 2 amide bonds. The van der Waals surface area contributed by atoms with Crippen LogP contribution in [-0.4, -0.2) is 74.4 Å². The van der Waals surface area contributed by atoms with Crippen LogP contribution in [0.1, 0.15) is 36.8 Å². The van der Waals surface area contributed by atoms with E-state index in [-0.39, 0.29) is 23.8 Å². The third kappa shape index (κ3) is 3.22. The van der Waals surface area contributed by atoms with Gasteiger partial charge in [-0.15, -0.1) is 0 Å². The Hall–Kier alpha value is -2.71. The summed E-state index contributed by atoms with van der Waals surface area (Å²) in [6, 6.07) is 0.130. The summed E-state index contributed by atoms with van der Waals surface area (Å²) in [6.45, 7) is 4.00. The summed E-state index contributed by atoms with van der Waals surface area (Å²) in [7, 11) is 3.41. The normalized spacial score (nSPS) is 19.5. The third-order valence-corrected chi connectivity index (χ3v) is 5.21. The molecule has 1 saturated carbocycles. The molecule has 1 aliphatic carbocycles. The Labute approximate surface area is 157 Å². The monoisotopic (exact) mass is 371 g/mol. The van der Waals surface area contributed by atoms with Crippen molar-refractivity contribution >= 4 is 28.8 Å². The lowest BCUT2D eigenvalue weighted by molar-refractivity contribution is -0.131. The quantitative estimate of drug-likeness (QED) is 0.841. The van der Waals surface area contributed by atoms with Gasteiger partial charge in [-0.3, -0.25) is 9.59 Å². The number of likely N-dealkylation sites (tertiary alicyclic amines) is 1. The second-order valence-electron chi connectivity index (χ2n) is 7.46. The van der Waals surface area contributed by atoms with E-state index in [1.54, 1.807) is 14.1 Å². The van der Waals surface area contributed by atoms with Crippen molar-refractivity contribution in [2.45, 2.75) is 38.8 Å². The number of aromatic nitrogens is 4. The van der Waals surface area contributed by atoms with Crippen molar-refractivity contribution < 1.29 is 9.59 Å². The molecule has 0 radical (unpaired) electrons. The highest BCUT2D eigenvalue weighted by molar-refractivity contribution is 5.96. The molecule has 4 rings (SSSR count). The Morgan fingerprint density at radius 1 is 1.26 bits per heavy atom. The van der Waals surface area contributed by atoms with E-state index in [0.717, 1.165) is 25.8 Å². The van der Waals surface area contributed by atoms with Crippen LogP contribution in [0.25, 0.3) is 11.2 Å². The summed E-state index contributed by atoms with van der Waals surface area (Å²) in [5.74, 6) is 1.34. The first-order chi connectivity index (χ1) is 13.0. The van der Waals surface area contributed by atoms with E-state index in [0.29, 0.717) is 35.9 Å². The minimum atomic E-state index is -0.164. The lowest BCUT2D eigenvalue weighted by atomic mass is 10.2. The van der Waals surface area contributed by atoms with Crippen molar-refractivity contribution in [3.8, 4) is 0 Å². The molecule has 0 bridgehead atoms. The number of nitrogens with zero attached hydrogens (tertiary/aromatic N) is 6. The van der Waals surface area contributed by atoms with Gasteiger partial charge in [0, 0.05) is 45.7 Å². The molecule has 3 heterocycles. The van der Waals surface area contributed by atoms with E-state index in [1.165, 1.54) is 11.2 Å². The molecule has 2 aromatic heterocycles. The summed E-state index contributed by atoms with van der Waals surface area (Å²) in [5, 5.41) is 3.42. The SMILES string of the molecule is CCn1c(C(=O)N(C)C)nc2c(N[C@H]3CCN(C(=O)C4CC4)C3)ncnc21. The highest BCUT2D eigenvalue weighted by atomic mass is 16.2. The first kappa shape index (κ1) is 17.7. The zero-order valence-electron chi connectivity index (χ0n) is 16.0. The fourth-order valence-corrected chi connectivity index (χ4v) is 3.57. The van der Waals surface area contributed by atoms with E-state index in [4.69, 9.17) is 0 Å². The number of hydrogen-bond donors (Lipinski definition) is 1. The Bertz CT molecular complexity index is 887. The Balaban J connectivity index is 1.59. The zero-order valence-corrected chi connectivity index (χ0v) is 16.0. The van der Waals surface area contributed by atoms with Gasteiger partial charge in [0.25, 0.3) is 5.91 Å². The predicted octanol–water partition coefficient (Wildman–Crippen LogP) is 0.971. The summed E-state index contributed by atoms with van der Waals surface area (Å²) in [6.07, 6.45) is 4.42. The number of hydrogen-bond acceptors (Lipinski definition) is 6. The van der Waals surface area contributed by atoms with Crippen LogP contribution in [0.2, 0.25) is 0 Å². The molecular weight excluding hydrogens is 346 g/mol. The van der Waals surface area contributed by atoms with E-state index in [2.05, 4.69) is 20.3 Å². The minimum absolute atomic E-state index is 0.130. The number of anilines is 1. The van der Waals surface area contributed by atoms with E-state index in [9.17, 15) is 9.59 Å². The van der Waals surface area contributed by atoms with E-state index < -0.39 is 0 Å². The van der Waals surface area contributed by atoms with Gasteiger partial charge in [0.15, 0.2) is 17.0 Å². The molecule has 27 heavy (non-hydrogen) atoms. The molecule has 2 fully saturated rings. The average molecular weight is 371 g/mol. The average Bonchev–Trinajstić information content (AvgIpc) is 3.28. The van der Waals surface area contributed by atoms with Crippen molar-refractivity contribution in [1.82, 2.24) is 29.3 Å². The van der Waals surface area contributed by atoms with Crippen LogP contribution < -0.4 is 5.32 Å². The minimum Gasteiger partial charge on any atom is -0.364 e. The van der Waals surface area contributed by atoms with Crippen molar-refractivity contribution in [3.63, 3.8) is 0 Å². The zero-order chi connectivity index (χ0) is 19.1. The molecule has 1 N–H and O–H groups in total. The Morgan fingerprint density at radius 2 is 2.04 bits per heavy atom. The van der Waals surface area contributed by atoms with Crippen molar-refractivity contribution in [2.24, 2.45) is 5.92 Å². The van der Waals surface area contributed by atoms with Gasteiger partial charge in [0.05, 0.1) is 0 Å². The fourth-order valence-electron chi connectivity index (χ4n) is 3.57. The number of fused-ring (bicyclic) bond motifs is 1. The van der Waals surface area contributed by atoms with Crippen LogP contribution in [0.4, 0.5) is 5.82 Å². The van der Waals surface area contributed by atoms with Crippen LogP contribution in [0.5, 0.6) is 0 Å². The van der Waals surface area contributed by atoms with Gasteiger partial charge in [0.2, 0.25) is 11.7 Å². The number of carbonyl (C=O) groups is 2. The van der Waals surface area contributed by atoms with Crippen molar-refractivity contribution in [2.75, 3.05) is 32.5 Å². The number of nitrogens with one attached hydrogen (secondary N) is 1. The van der Waals surface area contributed by atoms with Gasteiger partial charge in [-0.05, 0) is 26.2 Å². The maximum atomic E-state index is 12.5. The van der Waals surface area contributed by atoms with Crippen molar-refractivity contribution in [3.05, 3.63) is 12.2 Å². The molecule has 9 heteroatoms. The highest BCUT2D eigenvalue weighted by Crippen LogP contribution is 2.32. The molecule has 0 unspecified atom stereocenters. The number of rotatable bonds is 5. The smallest absolute Gasteiger partial charge is 0.289 e. The summed E-state index contributed by atoms with van der Waals surface area (Å²) in [4.78, 5) is 41.4. The molecule has 1 aliphatic heterocycles. The molecule has 1 saturated heterocycles. The highest BCUT2D eigenvalue weighted by Gasteiger charge is 2.36. The number of aryl methyl sites for hydroxylation is 1. The number of carbonyl (C=O) groups excluding carboxylic acids is 2. The molecule has 9 nitrogen and oxygen atoms in total. The number of imidazole rings is 1. The molecular formula is C18H25N7O2. The second kappa shape index (κ2) is 6.79. The summed E-state index contributed by atoms with van der Waals surface area (Å²) in [5.41, 5.74) is 1.24. The lowest BCUT2D eigenvalue weighted by Gasteiger charge is -2.17. The first-order valence-electron chi connectivity index (χ1n) is 9.47. The van der Waals surface area contributed by atoms with E-state index >= 15 is 0 Å². The molecule has 2 aromatic rings. The lowest BCUT2D eigenvalue weighted by Crippen LogP contribution is -2.32. The molecule has 1 atom stereocenters. The number of amides is 2. The van der Waals surface area contributed by atoms with Gasteiger partial charge >= 0.3 is 0 Å². The maximum Gasteiger partial charge on any atom is 0.289 e. The maximum absolute atomic E-state index is 12.5. The second-order valence-corrected chi connectivity index (χ2v) is 7.46. The van der Waals surface area contributed by atoms with Gasteiger partial charge in [-0.25, -0.2) is 15.0 Å². The van der Waals surface area contributed by atoms with Crippen molar-refractivity contribution in [1.29, 1.82) is 0 Å². The van der Waals surface area contributed by atoms with Crippen LogP contribution in [0, 0.1) is 5.92 Å². The molecule has 144 valence electrons. The van der Waals surface area contributed by atoms with Crippen LogP contribution in [0.3, 0.4) is 0 Å². The predicted molar refractivity (Wildman–Crippen MR) is 100 cm³/mol. The summed E-state index contributed by atoms with van der Waals surface area (Å²) < 4.78 is 1.81.